The molecule has 792 valence electrons. The first-order valence-corrected chi connectivity index (χ1v) is 47.3. The van der Waals surface area contributed by atoms with Crippen molar-refractivity contribution in [3.8, 4) is 0 Å². The average Bonchev–Trinajstić information content (AvgIpc) is 1.58. The van der Waals surface area contributed by atoms with Gasteiger partial charge in [0.2, 0.25) is 0 Å². The van der Waals surface area contributed by atoms with Crippen molar-refractivity contribution in [2.24, 2.45) is 0 Å². The fourth-order valence-electron chi connectivity index (χ4n) is 19.3. The molecule has 0 spiro atoms. The van der Waals surface area contributed by atoms with Crippen LogP contribution >= 0.6 is 0 Å². The van der Waals surface area contributed by atoms with Gasteiger partial charge < -0.3 is 208 Å². The second-order valence-electron chi connectivity index (χ2n) is 39.5. The zero-order chi connectivity index (χ0) is 101. The minimum atomic E-state index is -2.25. The molecule has 0 aromatic heterocycles. The van der Waals surface area contributed by atoms with E-state index in [9.17, 15) is 117 Å². The summed E-state index contributed by atoms with van der Waals surface area (Å²) in [6, 6.07) is 37.3. The number of aliphatic hydroxyl groups excluding tert-OH is 23. The lowest BCUT2D eigenvalue weighted by Gasteiger charge is -2.47. The normalized spacial score (nSPS) is 38.7. The number of likely N-dealkylation sites (N-methyl/N-ethyl adjacent to an activating group) is 6. The Balaban J connectivity index is 0.638. The van der Waals surface area contributed by atoms with Crippen LogP contribution in [0.5, 0.6) is 0 Å². The molecule has 46 nitrogen and oxygen atoms in total. The zero-order valence-corrected chi connectivity index (χ0v) is 79.9. The first kappa shape index (κ1) is 112. The van der Waals surface area contributed by atoms with Gasteiger partial charge in [-0.05, 0) is 92.2 Å². The van der Waals surface area contributed by atoms with Crippen molar-refractivity contribution in [1.29, 1.82) is 0 Å². The van der Waals surface area contributed by atoms with E-state index in [0.717, 1.165) is 22.3 Å². The van der Waals surface area contributed by atoms with E-state index in [2.05, 4.69) is 0 Å². The van der Waals surface area contributed by atoms with Crippen LogP contribution in [0.4, 0.5) is 0 Å². The highest BCUT2D eigenvalue weighted by Gasteiger charge is 2.63. The molecule has 0 aliphatic carbocycles. The molecule has 0 unspecified atom stereocenters. The highest BCUT2D eigenvalue weighted by Crippen LogP contribution is 2.46. The predicted octanol–water partition coefficient (Wildman–Crippen LogP) is -9.37. The van der Waals surface area contributed by atoms with Crippen LogP contribution in [-0.4, -0.2) is 537 Å². The molecule has 9 fully saturated rings. The maximum Gasteiger partial charge on any atom is 0.190 e. The molecule has 9 aliphatic rings. The Bertz CT molecular complexity index is 4320. The van der Waals surface area contributed by atoms with Gasteiger partial charge in [-0.2, -0.15) is 0 Å². The maximum absolute atomic E-state index is 12.3. The van der Waals surface area contributed by atoms with Crippen LogP contribution in [0, 0.1) is 0 Å². The molecule has 4 aromatic carbocycles. The predicted molar refractivity (Wildman–Crippen MR) is 481 cm³/mol. The van der Waals surface area contributed by atoms with Crippen molar-refractivity contribution in [3.05, 3.63) is 144 Å². The van der Waals surface area contributed by atoms with Crippen LogP contribution in [0.3, 0.4) is 0 Å². The Morgan fingerprint density at radius 1 is 0.264 bits per heavy atom. The maximum atomic E-state index is 12.3. The van der Waals surface area contributed by atoms with E-state index in [1.807, 2.05) is 131 Å². The third kappa shape index (κ3) is 28.3. The summed E-state index contributed by atoms with van der Waals surface area (Å²) in [5, 5.41) is 265. The van der Waals surface area contributed by atoms with Gasteiger partial charge in [0.05, 0.1) is 32.0 Å². The zero-order valence-electron chi connectivity index (χ0n) is 79.9. The molecular weight excluding hydrogens is 1850 g/mol. The molecule has 9 heterocycles. The third-order valence-electron chi connectivity index (χ3n) is 26.7. The highest BCUT2D eigenvalue weighted by molar-refractivity contribution is 5.18. The molecule has 13 rings (SSSR count). The molecule has 0 radical (unpaired) electrons. The molecule has 0 saturated carbocycles. The summed E-state index contributed by atoms with van der Waals surface area (Å²) in [5.74, 6) is -2.28. The largest absolute Gasteiger partial charge is 0.389 e. The standard InChI is InChI=1S/C94H146N6O40/c1-93(2)137-83-60(133-92-85(84(83)138-93)139-94(3,4)140-92)45-126-88-79(123)73(117)82(59(132-88)42-100(10)36-51(102)62(106)64(108)53(104)44-125-87-78(122)72(116)81(58(131-87)41-98(8)34-49-29-21-14-22-30-49)135-90-75(119)69(113)66(110)55(128-90)38-96(6)32-47-25-17-12-18-26-47)136-91-76(120)70(114)67(111)56(129-91)39-99(9)35-50(101)61(105)63(107)52(103)43-124-86-77(121)71(115)80(57(130-86)40-97(7)33-48-27-19-13-20-28-48)134-89-74(118)68(112)65(109)54(127-89)37-95(5)31-46-23-15-11-16-24-46/h11-30,50-92,101-123H,31-45H2,1-10H3/t50-,51-,52+,53+,54+,55+,56+,57+,58+,59+,60+,61+,62+,63-,64-,65+,66+,67+,68-,69-,70-,71+,72+,73+,74+,75+,76+,77+,78+,79+,80+,81+,82+,83-,84-,85+,86+,87+,88+,89-,90-,91-,92+/m0/s1. The molecule has 0 amide bonds. The summed E-state index contributed by atoms with van der Waals surface area (Å²) in [6.45, 7) is 3.70. The van der Waals surface area contributed by atoms with E-state index in [1.165, 1.54) is 23.9 Å². The van der Waals surface area contributed by atoms with Crippen molar-refractivity contribution in [2.75, 3.05) is 114 Å². The first-order valence-electron chi connectivity index (χ1n) is 47.3. The van der Waals surface area contributed by atoms with E-state index >= 15 is 0 Å². The Morgan fingerprint density at radius 2 is 0.521 bits per heavy atom. The fourth-order valence-corrected chi connectivity index (χ4v) is 19.3. The lowest BCUT2D eigenvalue weighted by molar-refractivity contribution is -0.360. The molecule has 140 heavy (non-hydrogen) atoms. The molecule has 4 aromatic rings. The van der Waals surface area contributed by atoms with Crippen LogP contribution < -0.4 is 0 Å². The summed E-state index contributed by atoms with van der Waals surface area (Å²) in [7, 11) is 9.70. The van der Waals surface area contributed by atoms with Crippen LogP contribution in [0.25, 0.3) is 0 Å². The van der Waals surface area contributed by atoms with Gasteiger partial charge >= 0.3 is 0 Å². The van der Waals surface area contributed by atoms with Gasteiger partial charge in [0.1, 0.15) is 208 Å². The monoisotopic (exact) mass is 2000 g/mol. The molecule has 43 atom stereocenters. The molecular formula is C94H146N6O40. The summed E-state index contributed by atoms with van der Waals surface area (Å²) in [4.78, 5) is 9.79. The Morgan fingerprint density at radius 3 is 0.850 bits per heavy atom. The number of benzene rings is 4. The molecule has 9 aliphatic heterocycles. The number of hydrogen-bond donors (Lipinski definition) is 23. The van der Waals surface area contributed by atoms with Gasteiger partial charge in [-0.15, -0.1) is 0 Å². The number of nitrogens with zero attached hydrogens (tertiary/aromatic N) is 6. The highest BCUT2D eigenvalue weighted by atomic mass is 16.9. The van der Waals surface area contributed by atoms with Crippen molar-refractivity contribution in [3.63, 3.8) is 0 Å². The molecule has 0 bridgehead atoms. The van der Waals surface area contributed by atoms with E-state index in [0.29, 0.717) is 26.2 Å². The minimum Gasteiger partial charge on any atom is -0.389 e. The first-order chi connectivity index (χ1) is 66.3. The number of rotatable bonds is 45. The SMILES string of the molecule is CN(Cc1ccccc1)C[C@H]1O[C@@H](O[C@H]2[C@H](O)[C@@H](O)[C@H](OC[C@@H](O)[C@H](O)[C@H](O)[C@@H](O)CN(C)C[C@H]3O[C@@H](O[C@H]4[C@H](O)[C@@H](O)[C@H](OC[C@H]5O[C@@H]6OC(C)(C)O[C@@H]6[C@H]6OC(C)(C)O[C@H]65)O[C@@H]4CN(C)C[C@H](O)[C@@H](O)[C@@H](O)[C@H](O)CO[C@@H]4O[C@H](CN(C)Cc5ccccc5)[C@@H](O[C@@H]5O[C@H](CN(C)Cc6ccccc6)[C@@H](O)[C@H](O)[C@H]5O)[C@H](O)[C@H]4O)[C@H](O)[C@@H](O)[C@@H]3O)O[C@@H]2CN(C)Cc2ccccc2)[C@H](O)[C@@H](O)[C@@H]1O. The van der Waals surface area contributed by atoms with Crippen molar-refractivity contribution >= 4 is 0 Å². The van der Waals surface area contributed by atoms with Crippen LogP contribution in [0.15, 0.2) is 121 Å². The molecule has 9 saturated heterocycles. The average molecular weight is 2000 g/mol. The number of hydrogen-bond acceptors (Lipinski definition) is 46. The van der Waals surface area contributed by atoms with Crippen molar-refractivity contribution in [1.82, 2.24) is 29.4 Å². The smallest absolute Gasteiger partial charge is 0.190 e. The molecule has 46 heteroatoms. The van der Waals surface area contributed by atoms with Crippen LogP contribution in [0.2, 0.25) is 0 Å². The molecule has 23 N–H and O–H groups in total. The summed E-state index contributed by atoms with van der Waals surface area (Å²) in [5.41, 5.74) is 3.62. The Labute approximate surface area is 811 Å². The lowest BCUT2D eigenvalue weighted by atomic mass is 9.95. The van der Waals surface area contributed by atoms with Gasteiger partial charge in [-0.3, -0.25) is 19.6 Å². The van der Waals surface area contributed by atoms with Crippen LogP contribution in [0.1, 0.15) is 49.9 Å². The second kappa shape index (κ2) is 49.9. The Hall–Kier alpha value is -4.96. The van der Waals surface area contributed by atoms with Gasteiger partial charge in [-0.1, -0.05) is 121 Å². The minimum absolute atomic E-state index is 0.0430. The van der Waals surface area contributed by atoms with Gasteiger partial charge in [-0.25, -0.2) is 0 Å². The van der Waals surface area contributed by atoms with Gasteiger partial charge in [0.15, 0.2) is 55.6 Å². The van der Waals surface area contributed by atoms with Crippen LogP contribution in [-0.2, 0) is 107 Å². The van der Waals surface area contributed by atoms with Gasteiger partial charge in [0.25, 0.3) is 0 Å². The third-order valence-corrected chi connectivity index (χ3v) is 26.7. The lowest BCUT2D eigenvalue weighted by Crippen LogP contribution is -2.66. The summed E-state index contributed by atoms with van der Waals surface area (Å²) >= 11 is 0. The van der Waals surface area contributed by atoms with Crippen molar-refractivity contribution in [2.45, 2.75) is 329 Å². The number of fused-ring (bicyclic) bond motifs is 3. The van der Waals surface area contributed by atoms with Gasteiger partial charge in [0, 0.05) is 78.5 Å². The topological polar surface area (TPSA) is 642 Å². The summed E-state index contributed by atoms with van der Waals surface area (Å²) in [6.07, 6.45) is -73.7. The Kier molecular flexibility index (Phi) is 40.0. The van der Waals surface area contributed by atoms with E-state index in [4.69, 9.17) is 80.5 Å². The van der Waals surface area contributed by atoms with Crippen molar-refractivity contribution < 1.29 is 198 Å². The number of aliphatic hydroxyl groups is 23. The van der Waals surface area contributed by atoms with E-state index in [1.54, 1.807) is 65.7 Å². The summed E-state index contributed by atoms with van der Waals surface area (Å²) < 4.78 is 105. The van der Waals surface area contributed by atoms with E-state index in [-0.39, 0.29) is 26.2 Å². The quantitative estimate of drug-likeness (QED) is 0.0195. The van der Waals surface area contributed by atoms with E-state index < -0.39 is 321 Å². The fraction of sp³-hybridized carbons (Fsp3) is 0.745. The number of ether oxygens (including phenoxy) is 17. The second-order valence-corrected chi connectivity index (χ2v) is 39.5.